The van der Waals surface area contributed by atoms with Crippen LogP contribution in [0.3, 0.4) is 0 Å². The number of benzene rings is 3. The van der Waals surface area contributed by atoms with E-state index in [1.807, 2.05) is 36.5 Å². The number of hydrogen-bond acceptors (Lipinski definition) is 4. The van der Waals surface area contributed by atoms with E-state index in [0.717, 1.165) is 34.2 Å². The Labute approximate surface area is 230 Å². The van der Waals surface area contributed by atoms with Gasteiger partial charge in [0.2, 0.25) is 5.91 Å². The number of halogens is 3. The molecule has 40 heavy (non-hydrogen) atoms. The number of carbonyl (C=O) groups is 1. The SMILES string of the molecule is O=C(NCCc1c[nH]c2ccccc12)[C@@H]1C[C@H](COc2cccc(C(F)(F)F)c2)CN(Cc2ccc(O)cc2)C1. The minimum absolute atomic E-state index is 0.0423. The van der Waals surface area contributed by atoms with Gasteiger partial charge in [0.05, 0.1) is 18.1 Å². The molecule has 3 N–H and O–H groups in total. The number of rotatable bonds is 9. The lowest BCUT2D eigenvalue weighted by Crippen LogP contribution is -2.47. The molecule has 1 amide bonds. The van der Waals surface area contributed by atoms with Crippen LogP contribution in [0.1, 0.15) is 23.1 Å². The Bertz CT molecular complexity index is 1440. The zero-order chi connectivity index (χ0) is 28.1. The van der Waals surface area contributed by atoms with Crippen molar-refractivity contribution in [2.24, 2.45) is 11.8 Å². The number of para-hydroxylation sites is 1. The first-order valence-corrected chi connectivity index (χ1v) is 13.4. The molecule has 1 aliphatic heterocycles. The molecule has 210 valence electrons. The molecule has 3 aromatic carbocycles. The molecule has 2 heterocycles. The van der Waals surface area contributed by atoms with E-state index in [4.69, 9.17) is 4.74 Å². The molecule has 0 unspecified atom stereocenters. The van der Waals surface area contributed by atoms with Crippen molar-refractivity contribution in [2.45, 2.75) is 25.6 Å². The fraction of sp³-hybridized carbons (Fsp3) is 0.323. The van der Waals surface area contributed by atoms with Gasteiger partial charge in [-0.2, -0.15) is 13.2 Å². The van der Waals surface area contributed by atoms with E-state index < -0.39 is 11.7 Å². The minimum Gasteiger partial charge on any atom is -0.508 e. The Morgan fingerprint density at radius 3 is 2.65 bits per heavy atom. The van der Waals surface area contributed by atoms with E-state index in [1.165, 1.54) is 12.1 Å². The van der Waals surface area contributed by atoms with E-state index in [0.29, 0.717) is 39.0 Å². The Morgan fingerprint density at radius 2 is 1.85 bits per heavy atom. The number of nitrogens with zero attached hydrogens (tertiary/aromatic N) is 1. The average Bonchev–Trinajstić information content (AvgIpc) is 3.36. The predicted molar refractivity (Wildman–Crippen MR) is 147 cm³/mol. The summed E-state index contributed by atoms with van der Waals surface area (Å²) in [4.78, 5) is 18.7. The van der Waals surface area contributed by atoms with Crippen LogP contribution in [-0.4, -0.2) is 47.1 Å². The fourth-order valence-electron chi connectivity index (χ4n) is 5.38. The summed E-state index contributed by atoms with van der Waals surface area (Å²) in [6.45, 7) is 2.48. The number of piperidine rings is 1. The molecule has 0 aliphatic carbocycles. The summed E-state index contributed by atoms with van der Waals surface area (Å²) in [6, 6.07) is 19.9. The number of amides is 1. The first-order valence-electron chi connectivity index (χ1n) is 13.4. The number of aromatic hydroxyl groups is 1. The third-order valence-corrected chi connectivity index (χ3v) is 7.34. The Balaban J connectivity index is 1.23. The maximum absolute atomic E-state index is 13.3. The molecule has 0 spiro atoms. The quantitative estimate of drug-likeness (QED) is 0.247. The third kappa shape index (κ3) is 6.96. The highest BCUT2D eigenvalue weighted by molar-refractivity contribution is 5.83. The molecule has 6 nitrogen and oxygen atoms in total. The summed E-state index contributed by atoms with van der Waals surface area (Å²) in [6.07, 6.45) is -1.20. The van der Waals surface area contributed by atoms with Crippen LogP contribution in [-0.2, 0) is 23.9 Å². The van der Waals surface area contributed by atoms with Gasteiger partial charge in [0, 0.05) is 49.2 Å². The number of aromatic amines is 1. The summed E-state index contributed by atoms with van der Waals surface area (Å²) >= 11 is 0. The van der Waals surface area contributed by atoms with Crippen molar-refractivity contribution in [3.8, 4) is 11.5 Å². The summed E-state index contributed by atoms with van der Waals surface area (Å²) in [7, 11) is 0. The zero-order valence-electron chi connectivity index (χ0n) is 22.0. The highest BCUT2D eigenvalue weighted by Crippen LogP contribution is 2.32. The highest BCUT2D eigenvalue weighted by Gasteiger charge is 2.33. The second kappa shape index (κ2) is 12.0. The number of nitrogens with one attached hydrogen (secondary N) is 2. The normalized spacial score (nSPS) is 18.1. The molecular weight excluding hydrogens is 519 g/mol. The number of H-pyrrole nitrogens is 1. The molecule has 2 atom stereocenters. The number of ether oxygens (including phenoxy) is 1. The van der Waals surface area contributed by atoms with E-state index in [9.17, 15) is 23.1 Å². The van der Waals surface area contributed by atoms with Gasteiger partial charge in [-0.15, -0.1) is 0 Å². The smallest absolute Gasteiger partial charge is 0.416 e. The largest absolute Gasteiger partial charge is 0.508 e. The minimum atomic E-state index is -4.44. The Kier molecular flexibility index (Phi) is 8.30. The topological polar surface area (TPSA) is 77.6 Å². The Morgan fingerprint density at radius 1 is 1.05 bits per heavy atom. The molecule has 1 aliphatic rings. The number of hydrogen-bond donors (Lipinski definition) is 3. The summed E-state index contributed by atoms with van der Waals surface area (Å²) in [5, 5.41) is 13.8. The van der Waals surface area contributed by atoms with Crippen LogP contribution in [0.15, 0.2) is 79.0 Å². The van der Waals surface area contributed by atoms with E-state index >= 15 is 0 Å². The third-order valence-electron chi connectivity index (χ3n) is 7.34. The predicted octanol–water partition coefficient (Wildman–Crippen LogP) is 5.77. The second-order valence-corrected chi connectivity index (χ2v) is 10.4. The van der Waals surface area contributed by atoms with Gasteiger partial charge in [-0.1, -0.05) is 36.4 Å². The molecule has 0 radical (unpaired) electrons. The van der Waals surface area contributed by atoms with Crippen molar-refractivity contribution in [1.29, 1.82) is 0 Å². The number of phenolic OH excluding ortho intramolecular Hbond substituents is 1. The van der Waals surface area contributed by atoms with E-state index in [-0.39, 0.29) is 35.8 Å². The molecule has 1 saturated heterocycles. The van der Waals surface area contributed by atoms with Gasteiger partial charge in [-0.3, -0.25) is 9.69 Å². The van der Waals surface area contributed by atoms with Gasteiger partial charge in [0.1, 0.15) is 11.5 Å². The van der Waals surface area contributed by atoms with Gasteiger partial charge >= 0.3 is 6.18 Å². The van der Waals surface area contributed by atoms with Gasteiger partial charge in [0.25, 0.3) is 0 Å². The van der Waals surface area contributed by atoms with Crippen molar-refractivity contribution in [1.82, 2.24) is 15.2 Å². The standard InChI is InChI=1S/C31H32F3N3O3/c32-31(33,34)25-4-3-5-27(15-25)40-20-22-14-24(19-37(18-22)17-21-8-10-26(38)11-9-21)30(39)35-13-12-23-16-36-29-7-2-1-6-28(23)29/h1-11,15-16,22,24,36,38H,12-14,17-20H2,(H,35,39)/t22-,24+/m0/s1. The van der Waals surface area contributed by atoms with Gasteiger partial charge in [-0.05, 0) is 60.4 Å². The maximum Gasteiger partial charge on any atom is 0.416 e. The van der Waals surface area contributed by atoms with E-state index in [2.05, 4.69) is 21.3 Å². The summed E-state index contributed by atoms with van der Waals surface area (Å²) in [5.74, 6) is -0.0412. The molecular formula is C31H32F3N3O3. The number of fused-ring (bicyclic) bond motifs is 1. The molecule has 1 fully saturated rings. The van der Waals surface area contributed by atoms with Crippen molar-refractivity contribution in [2.75, 3.05) is 26.2 Å². The highest BCUT2D eigenvalue weighted by atomic mass is 19.4. The van der Waals surface area contributed by atoms with Gasteiger partial charge < -0.3 is 20.1 Å². The van der Waals surface area contributed by atoms with Crippen LogP contribution in [0.25, 0.3) is 10.9 Å². The molecule has 0 bridgehead atoms. The molecule has 5 rings (SSSR count). The van der Waals surface area contributed by atoms with Crippen molar-refractivity contribution < 1.29 is 27.8 Å². The van der Waals surface area contributed by atoms with Crippen LogP contribution >= 0.6 is 0 Å². The zero-order valence-corrected chi connectivity index (χ0v) is 22.0. The average molecular weight is 552 g/mol. The molecule has 1 aromatic heterocycles. The van der Waals surface area contributed by atoms with Crippen molar-refractivity contribution in [3.63, 3.8) is 0 Å². The molecule has 9 heteroatoms. The second-order valence-electron chi connectivity index (χ2n) is 10.4. The first-order chi connectivity index (χ1) is 19.2. The maximum atomic E-state index is 13.3. The van der Waals surface area contributed by atoms with Crippen LogP contribution in [0.4, 0.5) is 13.2 Å². The summed E-state index contributed by atoms with van der Waals surface area (Å²) < 4.78 is 45.2. The lowest BCUT2D eigenvalue weighted by molar-refractivity contribution is -0.137. The lowest BCUT2D eigenvalue weighted by Gasteiger charge is -2.37. The van der Waals surface area contributed by atoms with Crippen LogP contribution in [0.2, 0.25) is 0 Å². The van der Waals surface area contributed by atoms with Gasteiger partial charge in [0.15, 0.2) is 0 Å². The molecule has 0 saturated carbocycles. The van der Waals surface area contributed by atoms with Crippen LogP contribution in [0.5, 0.6) is 11.5 Å². The number of alkyl halides is 3. The number of likely N-dealkylation sites (tertiary alicyclic amines) is 1. The fourth-order valence-corrected chi connectivity index (χ4v) is 5.38. The monoisotopic (exact) mass is 551 g/mol. The molecule has 4 aromatic rings. The lowest BCUT2D eigenvalue weighted by atomic mass is 9.88. The summed E-state index contributed by atoms with van der Waals surface area (Å²) in [5.41, 5.74) is 2.44. The number of phenols is 1. The number of carbonyl (C=O) groups excluding carboxylic acids is 1. The van der Waals surface area contributed by atoms with Crippen LogP contribution in [0, 0.1) is 11.8 Å². The van der Waals surface area contributed by atoms with Crippen LogP contribution < -0.4 is 10.1 Å². The van der Waals surface area contributed by atoms with Crippen molar-refractivity contribution >= 4 is 16.8 Å². The number of aromatic nitrogens is 1. The van der Waals surface area contributed by atoms with Gasteiger partial charge in [-0.25, -0.2) is 0 Å². The first kappa shape index (κ1) is 27.6. The Hall–Kier alpha value is -3.98. The van der Waals surface area contributed by atoms with E-state index in [1.54, 1.807) is 12.1 Å². The van der Waals surface area contributed by atoms with Crippen molar-refractivity contribution in [3.05, 3.63) is 95.7 Å².